The maximum Gasteiger partial charge on any atom is 0.326 e. The Bertz CT molecular complexity index is 548. The second-order valence-corrected chi connectivity index (χ2v) is 4.12. The van der Waals surface area contributed by atoms with Crippen LogP contribution in [-0.2, 0) is 9.59 Å². The summed E-state index contributed by atoms with van der Waals surface area (Å²) in [6, 6.07) is 1.46. The van der Waals surface area contributed by atoms with Crippen LogP contribution >= 0.6 is 0 Å². The van der Waals surface area contributed by atoms with E-state index in [0.717, 1.165) is 6.07 Å². The zero-order chi connectivity index (χ0) is 15.3. The number of amides is 3. The van der Waals surface area contributed by atoms with Gasteiger partial charge in [0.05, 0.1) is 6.42 Å². The van der Waals surface area contributed by atoms with E-state index >= 15 is 0 Å². The number of hydrogen-bond acceptors (Lipinski definition) is 3. The van der Waals surface area contributed by atoms with Gasteiger partial charge in [0.25, 0.3) is 0 Å². The van der Waals surface area contributed by atoms with E-state index in [4.69, 9.17) is 10.8 Å². The molecular formula is C12H14FN3O4. The van der Waals surface area contributed by atoms with Crippen LogP contribution in [0.15, 0.2) is 18.2 Å². The molecule has 0 radical (unpaired) electrons. The molecule has 1 aromatic rings. The summed E-state index contributed by atoms with van der Waals surface area (Å²) < 4.78 is 12.9. The van der Waals surface area contributed by atoms with Crippen molar-refractivity contribution in [3.63, 3.8) is 0 Å². The molecule has 0 fully saturated rings. The zero-order valence-electron chi connectivity index (χ0n) is 10.6. The first-order chi connectivity index (χ1) is 9.29. The molecule has 1 rings (SSSR count). The molecule has 0 bridgehead atoms. The molecule has 3 amide bonds. The van der Waals surface area contributed by atoms with E-state index in [1.54, 1.807) is 6.92 Å². The van der Waals surface area contributed by atoms with Crippen LogP contribution in [0.3, 0.4) is 0 Å². The smallest absolute Gasteiger partial charge is 0.326 e. The van der Waals surface area contributed by atoms with Gasteiger partial charge >= 0.3 is 12.0 Å². The van der Waals surface area contributed by atoms with Crippen LogP contribution in [0, 0.1) is 12.7 Å². The number of carboxylic acids is 1. The second-order valence-electron chi connectivity index (χ2n) is 4.12. The van der Waals surface area contributed by atoms with E-state index in [1.165, 1.54) is 12.1 Å². The highest BCUT2D eigenvalue weighted by Gasteiger charge is 2.22. The number of aryl methyl sites for hydroxylation is 1. The van der Waals surface area contributed by atoms with Crippen molar-refractivity contribution in [1.82, 2.24) is 5.32 Å². The zero-order valence-corrected chi connectivity index (χ0v) is 10.6. The second kappa shape index (κ2) is 6.50. The van der Waals surface area contributed by atoms with Gasteiger partial charge in [0.2, 0.25) is 5.91 Å². The van der Waals surface area contributed by atoms with E-state index in [1.807, 2.05) is 0 Å². The third-order valence-electron chi connectivity index (χ3n) is 2.45. The van der Waals surface area contributed by atoms with E-state index in [9.17, 15) is 18.8 Å². The Labute approximate surface area is 114 Å². The van der Waals surface area contributed by atoms with Gasteiger partial charge in [-0.2, -0.15) is 0 Å². The van der Waals surface area contributed by atoms with Crippen LogP contribution in [0.2, 0.25) is 0 Å². The molecule has 7 nitrogen and oxygen atoms in total. The molecule has 0 aliphatic heterocycles. The first-order valence-electron chi connectivity index (χ1n) is 5.64. The molecule has 0 aliphatic carbocycles. The van der Waals surface area contributed by atoms with Crippen molar-refractivity contribution in [2.24, 2.45) is 5.73 Å². The highest BCUT2D eigenvalue weighted by Crippen LogP contribution is 2.15. The topological polar surface area (TPSA) is 122 Å². The highest BCUT2D eigenvalue weighted by atomic mass is 19.1. The summed E-state index contributed by atoms with van der Waals surface area (Å²) in [4.78, 5) is 33.1. The molecule has 1 atom stereocenters. The lowest BCUT2D eigenvalue weighted by Crippen LogP contribution is -2.45. The standard InChI is InChI=1S/C12H14FN3O4/c1-6-4-7(13)2-3-8(6)15-12(20)16-9(11(18)19)5-10(14)17/h2-4,9H,5H2,1H3,(H2,14,17)(H,18,19)(H2,15,16,20)/t9-/m1/s1. The maximum atomic E-state index is 12.9. The highest BCUT2D eigenvalue weighted by molar-refractivity contribution is 5.94. The summed E-state index contributed by atoms with van der Waals surface area (Å²) in [6.07, 6.45) is -0.523. The Kier molecular flexibility index (Phi) is 5.01. The van der Waals surface area contributed by atoms with Crippen LogP contribution < -0.4 is 16.4 Å². The number of carbonyl (C=O) groups excluding carboxylic acids is 2. The largest absolute Gasteiger partial charge is 0.480 e. The molecule has 0 unspecified atom stereocenters. The number of primary amides is 1. The predicted octanol–water partition coefficient (Wildman–Crippen LogP) is 0.584. The van der Waals surface area contributed by atoms with Gasteiger partial charge in [-0.05, 0) is 30.7 Å². The summed E-state index contributed by atoms with van der Waals surface area (Å²) in [7, 11) is 0. The quantitative estimate of drug-likeness (QED) is 0.631. The van der Waals surface area contributed by atoms with Crippen LogP contribution in [0.25, 0.3) is 0 Å². The number of aliphatic carboxylic acids is 1. The van der Waals surface area contributed by atoms with Gasteiger partial charge in [-0.15, -0.1) is 0 Å². The van der Waals surface area contributed by atoms with Crippen molar-refractivity contribution >= 4 is 23.6 Å². The molecule has 1 aromatic carbocycles. The Balaban J connectivity index is 2.70. The first kappa shape index (κ1) is 15.4. The molecular weight excluding hydrogens is 269 g/mol. The van der Waals surface area contributed by atoms with E-state index in [2.05, 4.69) is 10.6 Å². The summed E-state index contributed by atoms with van der Waals surface area (Å²) >= 11 is 0. The average molecular weight is 283 g/mol. The fourth-order valence-corrected chi connectivity index (χ4v) is 1.49. The van der Waals surface area contributed by atoms with Gasteiger partial charge in [0, 0.05) is 5.69 Å². The Morgan fingerprint density at radius 1 is 1.40 bits per heavy atom. The summed E-state index contributed by atoms with van der Waals surface area (Å²) in [6.45, 7) is 1.58. The number of anilines is 1. The summed E-state index contributed by atoms with van der Waals surface area (Å²) in [5, 5.41) is 13.3. The van der Waals surface area contributed by atoms with Crippen molar-refractivity contribution in [3.05, 3.63) is 29.6 Å². The first-order valence-corrected chi connectivity index (χ1v) is 5.64. The van der Waals surface area contributed by atoms with Crippen LogP contribution in [0.4, 0.5) is 14.9 Å². The van der Waals surface area contributed by atoms with Gasteiger partial charge in [-0.1, -0.05) is 0 Å². The van der Waals surface area contributed by atoms with Gasteiger partial charge in [0.1, 0.15) is 11.9 Å². The lowest BCUT2D eigenvalue weighted by Gasteiger charge is -2.14. The van der Waals surface area contributed by atoms with Gasteiger partial charge in [0.15, 0.2) is 0 Å². The lowest BCUT2D eigenvalue weighted by atomic mass is 10.2. The number of urea groups is 1. The van der Waals surface area contributed by atoms with E-state index < -0.39 is 36.2 Å². The lowest BCUT2D eigenvalue weighted by molar-refractivity contribution is -0.140. The number of hydrogen-bond donors (Lipinski definition) is 4. The molecule has 8 heteroatoms. The number of nitrogens with two attached hydrogens (primary N) is 1. The molecule has 20 heavy (non-hydrogen) atoms. The third-order valence-corrected chi connectivity index (χ3v) is 2.45. The molecule has 0 saturated heterocycles. The monoisotopic (exact) mass is 283 g/mol. The van der Waals surface area contributed by atoms with Gasteiger partial charge in [-0.3, -0.25) is 4.79 Å². The Morgan fingerprint density at radius 2 is 2.05 bits per heavy atom. The van der Waals surface area contributed by atoms with Crippen LogP contribution in [0.1, 0.15) is 12.0 Å². The van der Waals surface area contributed by atoms with Crippen molar-refractivity contribution in [1.29, 1.82) is 0 Å². The SMILES string of the molecule is Cc1cc(F)ccc1NC(=O)N[C@H](CC(N)=O)C(=O)O. The van der Waals surface area contributed by atoms with Gasteiger partial charge < -0.3 is 21.5 Å². The minimum atomic E-state index is -1.42. The summed E-state index contributed by atoms with van der Waals surface area (Å²) in [5.41, 5.74) is 5.68. The number of benzene rings is 1. The van der Waals surface area contributed by atoms with Crippen molar-refractivity contribution < 1.29 is 23.9 Å². The Hall–Kier alpha value is -2.64. The fourth-order valence-electron chi connectivity index (χ4n) is 1.49. The molecule has 0 heterocycles. The summed E-state index contributed by atoms with van der Waals surface area (Å²) in [5.74, 6) is -2.68. The van der Waals surface area contributed by atoms with E-state index in [-0.39, 0.29) is 0 Å². The fraction of sp³-hybridized carbons (Fsp3) is 0.250. The Morgan fingerprint density at radius 3 is 2.55 bits per heavy atom. The van der Waals surface area contributed by atoms with Crippen molar-refractivity contribution in [2.75, 3.05) is 5.32 Å². The van der Waals surface area contributed by atoms with Crippen LogP contribution in [-0.4, -0.2) is 29.1 Å². The predicted molar refractivity (Wildman–Crippen MR) is 68.5 cm³/mol. The minimum Gasteiger partial charge on any atom is -0.480 e. The van der Waals surface area contributed by atoms with Crippen LogP contribution in [0.5, 0.6) is 0 Å². The average Bonchev–Trinajstić information content (AvgIpc) is 2.31. The van der Waals surface area contributed by atoms with Crippen molar-refractivity contribution in [3.8, 4) is 0 Å². The van der Waals surface area contributed by atoms with E-state index in [0.29, 0.717) is 11.3 Å². The molecule has 0 aromatic heterocycles. The van der Waals surface area contributed by atoms with Crippen molar-refractivity contribution in [2.45, 2.75) is 19.4 Å². The molecule has 108 valence electrons. The number of rotatable bonds is 5. The minimum absolute atomic E-state index is 0.326. The third kappa shape index (κ3) is 4.56. The van der Waals surface area contributed by atoms with Gasteiger partial charge in [-0.25, -0.2) is 14.0 Å². The number of carboxylic acid groups (broad SMARTS) is 1. The maximum absolute atomic E-state index is 12.9. The molecule has 0 aliphatic rings. The molecule has 5 N–H and O–H groups in total. The molecule has 0 saturated carbocycles. The normalized spacial score (nSPS) is 11.5. The number of carbonyl (C=O) groups is 3. The number of nitrogens with one attached hydrogen (secondary N) is 2. The number of halogens is 1. The molecule has 0 spiro atoms.